The third kappa shape index (κ3) is 2.77. The van der Waals surface area contributed by atoms with E-state index in [1.54, 1.807) is 19.1 Å². The van der Waals surface area contributed by atoms with Crippen LogP contribution in [0, 0.1) is 12.7 Å². The van der Waals surface area contributed by atoms with Crippen LogP contribution < -0.4 is 0 Å². The zero-order valence-electron chi connectivity index (χ0n) is 10.3. The second kappa shape index (κ2) is 5.58. The monoisotopic (exact) mass is 260 g/mol. The summed E-state index contributed by atoms with van der Waals surface area (Å²) >= 11 is 0. The van der Waals surface area contributed by atoms with E-state index in [4.69, 9.17) is 0 Å². The van der Waals surface area contributed by atoms with Crippen molar-refractivity contribution < 1.29 is 14.6 Å². The van der Waals surface area contributed by atoms with Crippen LogP contribution >= 0.6 is 0 Å². The van der Waals surface area contributed by atoms with Crippen LogP contribution in [0.25, 0.3) is 0 Å². The summed E-state index contributed by atoms with van der Waals surface area (Å²) in [6.45, 7) is 1.36. The van der Waals surface area contributed by atoms with Crippen molar-refractivity contribution in [3.05, 3.63) is 53.1 Å². The van der Waals surface area contributed by atoms with Gasteiger partial charge in [0.15, 0.2) is 0 Å². The number of hydrogen-bond donors (Lipinski definition) is 2. The Hall–Kier alpha value is -2.27. The van der Waals surface area contributed by atoms with Gasteiger partial charge in [0.25, 0.3) is 0 Å². The molecule has 0 spiro atoms. The zero-order valence-corrected chi connectivity index (χ0v) is 10.3. The molecule has 4 nitrogen and oxygen atoms in total. The number of para-hydroxylation sites is 1. The van der Waals surface area contributed by atoms with E-state index in [9.17, 15) is 14.6 Å². The number of rotatable bonds is 3. The lowest BCUT2D eigenvalue weighted by Crippen LogP contribution is -1.97. The molecule has 98 valence electrons. The van der Waals surface area contributed by atoms with E-state index in [-0.39, 0.29) is 18.0 Å². The highest BCUT2D eigenvalue weighted by Crippen LogP contribution is 2.23. The molecule has 19 heavy (non-hydrogen) atoms. The minimum atomic E-state index is -0.449. The van der Waals surface area contributed by atoms with Crippen molar-refractivity contribution in [1.29, 1.82) is 0 Å². The van der Waals surface area contributed by atoms with Crippen molar-refractivity contribution in [3.8, 4) is 5.75 Å². The molecule has 0 fully saturated rings. The lowest BCUT2D eigenvalue weighted by molar-refractivity contribution is 0.280. The van der Waals surface area contributed by atoms with Crippen LogP contribution in [0.1, 0.15) is 16.8 Å². The summed E-state index contributed by atoms with van der Waals surface area (Å²) in [5, 5.41) is 19.1. The SMILES string of the molecule is Cc1ncc(CO)c(C=Nc2ccccc2F)c1O. The highest BCUT2D eigenvalue weighted by molar-refractivity contribution is 5.87. The molecule has 0 saturated carbocycles. The molecular formula is C14H13FN2O2. The fraction of sp³-hybridized carbons (Fsp3) is 0.143. The van der Waals surface area contributed by atoms with E-state index >= 15 is 0 Å². The van der Waals surface area contributed by atoms with Crippen molar-refractivity contribution in [2.75, 3.05) is 0 Å². The van der Waals surface area contributed by atoms with E-state index < -0.39 is 5.82 Å². The molecule has 0 aliphatic carbocycles. The molecule has 0 amide bonds. The van der Waals surface area contributed by atoms with Crippen LogP contribution in [0.3, 0.4) is 0 Å². The number of aromatic hydroxyl groups is 1. The summed E-state index contributed by atoms with van der Waals surface area (Å²) in [5.41, 5.74) is 1.37. The van der Waals surface area contributed by atoms with Crippen molar-refractivity contribution >= 4 is 11.9 Å². The largest absolute Gasteiger partial charge is 0.505 e. The fourth-order valence-corrected chi connectivity index (χ4v) is 1.61. The third-order valence-corrected chi connectivity index (χ3v) is 2.71. The van der Waals surface area contributed by atoms with Crippen LogP contribution in [-0.4, -0.2) is 21.4 Å². The fourth-order valence-electron chi connectivity index (χ4n) is 1.61. The van der Waals surface area contributed by atoms with Gasteiger partial charge in [0.2, 0.25) is 0 Å². The Morgan fingerprint density at radius 3 is 2.79 bits per heavy atom. The summed E-state index contributed by atoms with van der Waals surface area (Å²) < 4.78 is 13.4. The molecule has 0 saturated heterocycles. The van der Waals surface area contributed by atoms with Gasteiger partial charge in [-0.2, -0.15) is 0 Å². The van der Waals surface area contributed by atoms with Crippen LogP contribution in [0.15, 0.2) is 35.5 Å². The average Bonchev–Trinajstić information content (AvgIpc) is 2.42. The van der Waals surface area contributed by atoms with Gasteiger partial charge >= 0.3 is 0 Å². The molecule has 5 heteroatoms. The molecule has 0 bridgehead atoms. The van der Waals surface area contributed by atoms with Gasteiger partial charge < -0.3 is 10.2 Å². The first kappa shape index (κ1) is 13.2. The molecule has 1 aromatic carbocycles. The summed E-state index contributed by atoms with van der Waals surface area (Å²) in [4.78, 5) is 7.92. The number of nitrogens with zero attached hydrogens (tertiary/aromatic N) is 2. The molecule has 1 heterocycles. The number of aromatic nitrogens is 1. The number of pyridine rings is 1. The molecule has 2 N–H and O–H groups in total. The Morgan fingerprint density at radius 1 is 1.37 bits per heavy atom. The topological polar surface area (TPSA) is 65.7 Å². The molecular weight excluding hydrogens is 247 g/mol. The molecule has 0 aliphatic heterocycles. The Kier molecular flexibility index (Phi) is 3.87. The van der Waals surface area contributed by atoms with Crippen LogP contribution in [-0.2, 0) is 6.61 Å². The first-order valence-corrected chi connectivity index (χ1v) is 5.70. The van der Waals surface area contributed by atoms with Gasteiger partial charge in [-0.15, -0.1) is 0 Å². The zero-order chi connectivity index (χ0) is 13.8. The van der Waals surface area contributed by atoms with E-state index in [0.717, 1.165) is 0 Å². The Bertz CT molecular complexity index is 627. The number of halogens is 1. The number of aliphatic hydroxyl groups excluding tert-OH is 1. The minimum absolute atomic E-state index is 0.0633. The standard InChI is InChI=1S/C14H13FN2O2/c1-9-14(19)11(10(8-18)6-16-9)7-17-13-5-3-2-4-12(13)15/h2-7,18-19H,8H2,1H3. The molecule has 2 rings (SSSR count). The number of aliphatic hydroxyl groups is 1. The number of benzene rings is 1. The van der Waals surface area contributed by atoms with Crippen molar-refractivity contribution in [2.24, 2.45) is 4.99 Å². The highest BCUT2D eigenvalue weighted by atomic mass is 19.1. The molecule has 0 unspecified atom stereocenters. The summed E-state index contributed by atoms with van der Waals surface area (Å²) in [6, 6.07) is 6.06. The van der Waals surface area contributed by atoms with E-state index in [2.05, 4.69) is 9.98 Å². The van der Waals surface area contributed by atoms with E-state index in [1.165, 1.54) is 24.5 Å². The van der Waals surface area contributed by atoms with Gasteiger partial charge in [-0.25, -0.2) is 4.39 Å². The predicted molar refractivity (Wildman–Crippen MR) is 70.2 cm³/mol. The molecule has 1 aromatic heterocycles. The minimum Gasteiger partial charge on any atom is -0.505 e. The lowest BCUT2D eigenvalue weighted by atomic mass is 10.1. The smallest absolute Gasteiger partial charge is 0.148 e. The lowest BCUT2D eigenvalue weighted by Gasteiger charge is -2.07. The first-order valence-electron chi connectivity index (χ1n) is 5.70. The third-order valence-electron chi connectivity index (χ3n) is 2.71. The Morgan fingerprint density at radius 2 is 2.11 bits per heavy atom. The van der Waals surface area contributed by atoms with E-state index in [1.807, 2.05) is 0 Å². The average molecular weight is 260 g/mol. The van der Waals surface area contributed by atoms with Gasteiger partial charge in [-0.05, 0) is 19.1 Å². The van der Waals surface area contributed by atoms with Crippen molar-refractivity contribution in [2.45, 2.75) is 13.5 Å². The van der Waals surface area contributed by atoms with Gasteiger partial charge in [0, 0.05) is 23.5 Å². The second-order valence-corrected chi connectivity index (χ2v) is 4.00. The van der Waals surface area contributed by atoms with Gasteiger partial charge in [-0.3, -0.25) is 9.98 Å². The van der Waals surface area contributed by atoms with Crippen molar-refractivity contribution in [1.82, 2.24) is 4.98 Å². The molecule has 0 aliphatic rings. The Labute approximate surface area is 109 Å². The maximum Gasteiger partial charge on any atom is 0.148 e. The summed E-state index contributed by atoms with van der Waals surface area (Å²) in [6.07, 6.45) is 2.78. The molecule has 0 radical (unpaired) electrons. The van der Waals surface area contributed by atoms with Gasteiger partial charge in [0.05, 0.1) is 18.0 Å². The number of aryl methyl sites for hydroxylation is 1. The summed E-state index contributed by atoms with van der Waals surface area (Å²) in [5.74, 6) is -0.513. The van der Waals surface area contributed by atoms with Crippen LogP contribution in [0.2, 0.25) is 0 Å². The number of hydrogen-bond acceptors (Lipinski definition) is 4. The quantitative estimate of drug-likeness (QED) is 0.833. The normalized spacial score (nSPS) is 11.1. The maximum atomic E-state index is 13.4. The van der Waals surface area contributed by atoms with Gasteiger partial charge in [0.1, 0.15) is 11.6 Å². The molecule has 2 aromatic rings. The summed E-state index contributed by atoms with van der Waals surface area (Å²) in [7, 11) is 0. The first-order chi connectivity index (χ1) is 9.13. The number of aliphatic imine (C=N–C) groups is 1. The van der Waals surface area contributed by atoms with Crippen molar-refractivity contribution in [3.63, 3.8) is 0 Å². The second-order valence-electron chi connectivity index (χ2n) is 4.00. The highest BCUT2D eigenvalue weighted by Gasteiger charge is 2.09. The Balaban J connectivity index is 2.44. The molecule has 0 atom stereocenters. The van der Waals surface area contributed by atoms with Gasteiger partial charge in [-0.1, -0.05) is 12.1 Å². The van der Waals surface area contributed by atoms with E-state index in [0.29, 0.717) is 16.8 Å². The van der Waals surface area contributed by atoms with Crippen LogP contribution in [0.5, 0.6) is 5.75 Å². The predicted octanol–water partition coefficient (Wildman–Crippen LogP) is 2.48. The maximum absolute atomic E-state index is 13.4. The van der Waals surface area contributed by atoms with Crippen LogP contribution in [0.4, 0.5) is 10.1 Å².